The molecule has 3 aromatic carbocycles. The molecule has 0 aliphatic carbocycles. The van der Waals surface area contributed by atoms with Crippen LogP contribution in [0.5, 0.6) is 11.5 Å². The predicted octanol–water partition coefficient (Wildman–Crippen LogP) is 5.69. The summed E-state index contributed by atoms with van der Waals surface area (Å²) in [5.74, 6) is 1.21. The van der Waals surface area contributed by atoms with Gasteiger partial charge in [-0.05, 0) is 61.0 Å². The number of ether oxygens (including phenoxy) is 1. The second-order valence-electron chi connectivity index (χ2n) is 5.38. The van der Waals surface area contributed by atoms with E-state index in [2.05, 4.69) is 5.32 Å². The van der Waals surface area contributed by atoms with Crippen molar-refractivity contribution in [3.8, 4) is 11.5 Å². The number of anilines is 1. The molecule has 0 atom stereocenters. The number of para-hydroxylation sites is 1. The Balaban J connectivity index is 1.69. The van der Waals surface area contributed by atoms with Crippen LogP contribution in [0.25, 0.3) is 0 Å². The Labute approximate surface area is 145 Å². The van der Waals surface area contributed by atoms with Crippen LogP contribution in [-0.4, -0.2) is 5.91 Å². The molecule has 0 unspecified atom stereocenters. The van der Waals surface area contributed by atoms with Crippen LogP contribution >= 0.6 is 11.6 Å². The van der Waals surface area contributed by atoms with Crippen LogP contribution in [0.15, 0.2) is 72.8 Å². The molecule has 0 heterocycles. The topological polar surface area (TPSA) is 38.3 Å². The standard InChI is InChI=1S/C20H16ClNO2/c1-14-7-12-19(18(21)13-14)22-20(23)15-8-10-17(11-9-15)24-16-5-3-2-4-6-16/h2-13H,1H3,(H,22,23). The minimum absolute atomic E-state index is 0.216. The number of nitrogens with one attached hydrogen (secondary N) is 1. The van der Waals surface area contributed by atoms with E-state index in [4.69, 9.17) is 16.3 Å². The average molecular weight is 338 g/mol. The normalized spacial score (nSPS) is 10.2. The largest absolute Gasteiger partial charge is 0.457 e. The Bertz CT molecular complexity index is 845. The average Bonchev–Trinajstić information content (AvgIpc) is 2.59. The Hall–Kier alpha value is -2.78. The van der Waals surface area contributed by atoms with Gasteiger partial charge in [-0.3, -0.25) is 4.79 Å². The lowest BCUT2D eigenvalue weighted by molar-refractivity contribution is 0.102. The summed E-state index contributed by atoms with van der Waals surface area (Å²) in [6.07, 6.45) is 0. The molecule has 0 saturated carbocycles. The van der Waals surface area contributed by atoms with E-state index in [0.29, 0.717) is 22.0 Å². The lowest BCUT2D eigenvalue weighted by Crippen LogP contribution is -2.12. The summed E-state index contributed by atoms with van der Waals surface area (Å²) in [5, 5.41) is 3.33. The predicted molar refractivity (Wildman–Crippen MR) is 97.1 cm³/mol. The van der Waals surface area contributed by atoms with E-state index < -0.39 is 0 Å². The highest BCUT2D eigenvalue weighted by molar-refractivity contribution is 6.34. The molecule has 0 bridgehead atoms. The fourth-order valence-corrected chi connectivity index (χ4v) is 2.50. The van der Waals surface area contributed by atoms with Gasteiger partial charge in [0.25, 0.3) is 5.91 Å². The smallest absolute Gasteiger partial charge is 0.255 e. The summed E-state index contributed by atoms with van der Waals surface area (Å²) >= 11 is 6.14. The molecule has 3 nitrogen and oxygen atoms in total. The molecular formula is C20H16ClNO2. The summed E-state index contributed by atoms with van der Waals surface area (Å²) in [6, 6.07) is 22.0. The third-order valence-corrected chi connectivity index (χ3v) is 3.78. The number of carbonyl (C=O) groups excluding carboxylic acids is 1. The molecule has 0 spiro atoms. The van der Waals surface area contributed by atoms with Gasteiger partial charge in [0.2, 0.25) is 0 Å². The zero-order valence-corrected chi connectivity index (χ0v) is 13.9. The minimum atomic E-state index is -0.216. The lowest BCUT2D eigenvalue weighted by Gasteiger charge is -2.09. The molecule has 0 saturated heterocycles. The quantitative estimate of drug-likeness (QED) is 0.663. The molecule has 0 radical (unpaired) electrons. The van der Waals surface area contributed by atoms with Crippen molar-refractivity contribution in [1.82, 2.24) is 0 Å². The van der Waals surface area contributed by atoms with E-state index in [1.165, 1.54) is 0 Å². The Morgan fingerprint density at radius 3 is 2.25 bits per heavy atom. The van der Waals surface area contributed by atoms with E-state index in [1.807, 2.05) is 49.4 Å². The van der Waals surface area contributed by atoms with Gasteiger partial charge in [-0.1, -0.05) is 35.9 Å². The molecular weight excluding hydrogens is 322 g/mol. The van der Waals surface area contributed by atoms with Crippen LogP contribution < -0.4 is 10.1 Å². The van der Waals surface area contributed by atoms with Crippen molar-refractivity contribution in [3.63, 3.8) is 0 Å². The maximum absolute atomic E-state index is 12.3. The van der Waals surface area contributed by atoms with Crippen LogP contribution in [0.2, 0.25) is 5.02 Å². The number of carbonyl (C=O) groups is 1. The van der Waals surface area contributed by atoms with Gasteiger partial charge in [-0.25, -0.2) is 0 Å². The van der Waals surface area contributed by atoms with Crippen molar-refractivity contribution >= 4 is 23.2 Å². The molecule has 0 aromatic heterocycles. The zero-order valence-electron chi connectivity index (χ0n) is 13.1. The number of amides is 1. The van der Waals surface area contributed by atoms with Crippen LogP contribution in [-0.2, 0) is 0 Å². The van der Waals surface area contributed by atoms with E-state index >= 15 is 0 Å². The van der Waals surface area contributed by atoms with Gasteiger partial charge in [-0.15, -0.1) is 0 Å². The van der Waals surface area contributed by atoms with Gasteiger partial charge in [0.05, 0.1) is 10.7 Å². The summed E-state index contributed by atoms with van der Waals surface area (Å²) < 4.78 is 5.71. The molecule has 4 heteroatoms. The first-order valence-corrected chi connectivity index (χ1v) is 7.90. The third-order valence-electron chi connectivity index (χ3n) is 3.47. The van der Waals surface area contributed by atoms with Crippen molar-refractivity contribution < 1.29 is 9.53 Å². The second kappa shape index (κ2) is 7.20. The SMILES string of the molecule is Cc1ccc(NC(=O)c2ccc(Oc3ccccc3)cc2)c(Cl)c1. The molecule has 3 rings (SSSR count). The van der Waals surface area contributed by atoms with Crippen molar-refractivity contribution in [2.75, 3.05) is 5.32 Å². The summed E-state index contributed by atoms with van der Waals surface area (Å²) in [5.41, 5.74) is 2.17. The Morgan fingerprint density at radius 1 is 0.917 bits per heavy atom. The van der Waals surface area contributed by atoms with Crippen molar-refractivity contribution in [3.05, 3.63) is 88.9 Å². The van der Waals surface area contributed by atoms with Crippen molar-refractivity contribution in [2.45, 2.75) is 6.92 Å². The van der Waals surface area contributed by atoms with Crippen molar-refractivity contribution in [2.24, 2.45) is 0 Å². The van der Waals surface area contributed by atoms with Gasteiger partial charge in [-0.2, -0.15) is 0 Å². The van der Waals surface area contributed by atoms with E-state index in [-0.39, 0.29) is 5.91 Å². The molecule has 3 aromatic rings. The highest BCUT2D eigenvalue weighted by Gasteiger charge is 2.09. The fraction of sp³-hybridized carbons (Fsp3) is 0.0500. The van der Waals surface area contributed by atoms with E-state index in [9.17, 15) is 4.79 Å². The van der Waals surface area contributed by atoms with E-state index in [1.54, 1.807) is 30.3 Å². The highest BCUT2D eigenvalue weighted by atomic mass is 35.5. The fourth-order valence-electron chi connectivity index (χ4n) is 2.21. The Morgan fingerprint density at radius 2 is 1.58 bits per heavy atom. The summed E-state index contributed by atoms with van der Waals surface area (Å²) in [4.78, 5) is 12.3. The molecule has 0 aliphatic heterocycles. The molecule has 1 amide bonds. The maximum Gasteiger partial charge on any atom is 0.255 e. The van der Waals surface area contributed by atoms with Gasteiger partial charge in [0, 0.05) is 5.56 Å². The first-order valence-electron chi connectivity index (χ1n) is 7.52. The van der Waals surface area contributed by atoms with E-state index in [0.717, 1.165) is 11.3 Å². The highest BCUT2D eigenvalue weighted by Crippen LogP contribution is 2.24. The monoisotopic (exact) mass is 337 g/mol. The van der Waals surface area contributed by atoms with Crippen LogP contribution in [0, 0.1) is 6.92 Å². The number of benzene rings is 3. The Kier molecular flexibility index (Phi) is 4.82. The maximum atomic E-state index is 12.3. The zero-order chi connectivity index (χ0) is 16.9. The van der Waals surface area contributed by atoms with Gasteiger partial charge in [0.15, 0.2) is 0 Å². The van der Waals surface area contributed by atoms with Gasteiger partial charge < -0.3 is 10.1 Å². The molecule has 1 N–H and O–H groups in total. The molecule has 0 aliphatic rings. The lowest BCUT2D eigenvalue weighted by atomic mass is 10.2. The van der Waals surface area contributed by atoms with Crippen LogP contribution in [0.1, 0.15) is 15.9 Å². The molecule has 120 valence electrons. The van der Waals surface area contributed by atoms with Gasteiger partial charge >= 0.3 is 0 Å². The first-order chi connectivity index (χ1) is 11.6. The van der Waals surface area contributed by atoms with Gasteiger partial charge in [0.1, 0.15) is 11.5 Å². The first kappa shape index (κ1) is 16.1. The number of halogens is 1. The summed E-state index contributed by atoms with van der Waals surface area (Å²) in [7, 11) is 0. The summed E-state index contributed by atoms with van der Waals surface area (Å²) in [6.45, 7) is 1.95. The molecule has 0 fully saturated rings. The minimum Gasteiger partial charge on any atom is -0.457 e. The number of rotatable bonds is 4. The number of aryl methyl sites for hydroxylation is 1. The number of hydrogen-bond donors (Lipinski definition) is 1. The van der Waals surface area contributed by atoms with Crippen LogP contribution in [0.3, 0.4) is 0 Å². The van der Waals surface area contributed by atoms with Crippen molar-refractivity contribution in [1.29, 1.82) is 0 Å². The number of hydrogen-bond acceptors (Lipinski definition) is 2. The molecule has 24 heavy (non-hydrogen) atoms. The van der Waals surface area contributed by atoms with Crippen LogP contribution in [0.4, 0.5) is 5.69 Å². The third kappa shape index (κ3) is 3.94. The second-order valence-corrected chi connectivity index (χ2v) is 5.78.